The molecule has 37 heavy (non-hydrogen) atoms. The molecule has 13 heteroatoms. The maximum atomic E-state index is 13.5. The second-order valence-corrected chi connectivity index (χ2v) is 10.2. The molecule has 11 nitrogen and oxygen atoms in total. The van der Waals surface area contributed by atoms with Gasteiger partial charge in [-0.15, -0.1) is 0 Å². The van der Waals surface area contributed by atoms with E-state index in [1.54, 1.807) is 38.1 Å². The normalized spacial score (nSPS) is 18.7. The molecule has 1 saturated heterocycles. The van der Waals surface area contributed by atoms with E-state index in [0.29, 0.717) is 12.0 Å². The monoisotopic (exact) mass is 584 g/mol. The SMILES string of the molecule is CC(C)C(NC(=O)c1ccc(Br)cc1)C(=O)N1C[C@H](O)C[C@H]1C(=O)N[C@@H](CCCNC(=N)N)C(=O)CF. The number of hydrogen-bond acceptors (Lipinski definition) is 6. The van der Waals surface area contributed by atoms with Crippen LogP contribution in [0, 0.1) is 11.3 Å². The second kappa shape index (κ2) is 14.0. The van der Waals surface area contributed by atoms with Gasteiger partial charge in [-0.05, 0) is 43.0 Å². The molecule has 1 unspecified atom stereocenters. The Balaban J connectivity index is 2.13. The van der Waals surface area contributed by atoms with Crippen molar-refractivity contribution >= 4 is 45.4 Å². The summed E-state index contributed by atoms with van der Waals surface area (Å²) in [5.74, 6) is -3.11. The second-order valence-electron chi connectivity index (χ2n) is 9.24. The van der Waals surface area contributed by atoms with E-state index in [-0.39, 0.29) is 37.8 Å². The summed E-state index contributed by atoms with van der Waals surface area (Å²) in [5.41, 5.74) is 5.57. The molecule has 0 saturated carbocycles. The first-order valence-corrected chi connectivity index (χ1v) is 12.8. The molecule has 0 aliphatic carbocycles. The van der Waals surface area contributed by atoms with Crippen LogP contribution in [-0.2, 0) is 14.4 Å². The molecule has 2 rings (SSSR count). The lowest BCUT2D eigenvalue weighted by Crippen LogP contribution is -2.56. The van der Waals surface area contributed by atoms with E-state index in [2.05, 4.69) is 31.9 Å². The number of amides is 3. The zero-order valence-electron chi connectivity index (χ0n) is 20.8. The van der Waals surface area contributed by atoms with Crippen molar-refractivity contribution in [2.24, 2.45) is 11.7 Å². The molecule has 0 bridgehead atoms. The summed E-state index contributed by atoms with van der Waals surface area (Å²) in [6.07, 6.45) is -0.629. The maximum Gasteiger partial charge on any atom is 0.251 e. The summed E-state index contributed by atoms with van der Waals surface area (Å²) in [4.78, 5) is 52.6. The van der Waals surface area contributed by atoms with Crippen molar-refractivity contribution in [1.82, 2.24) is 20.9 Å². The van der Waals surface area contributed by atoms with Crippen molar-refractivity contribution in [3.8, 4) is 0 Å². The zero-order valence-corrected chi connectivity index (χ0v) is 22.4. The average Bonchev–Trinajstić information content (AvgIpc) is 3.25. The number of carbonyl (C=O) groups excluding carboxylic acids is 4. The van der Waals surface area contributed by atoms with E-state index in [1.807, 2.05) is 0 Å². The van der Waals surface area contributed by atoms with Crippen molar-refractivity contribution in [1.29, 1.82) is 5.41 Å². The van der Waals surface area contributed by atoms with Crippen molar-refractivity contribution in [3.63, 3.8) is 0 Å². The van der Waals surface area contributed by atoms with Crippen molar-refractivity contribution in [3.05, 3.63) is 34.3 Å². The number of nitrogens with zero attached hydrogens (tertiary/aromatic N) is 1. The van der Waals surface area contributed by atoms with E-state index in [1.165, 1.54) is 4.90 Å². The smallest absolute Gasteiger partial charge is 0.251 e. The Bertz CT molecular complexity index is 992. The van der Waals surface area contributed by atoms with Crippen LogP contribution in [-0.4, -0.2) is 83.5 Å². The minimum Gasteiger partial charge on any atom is -0.391 e. The largest absolute Gasteiger partial charge is 0.391 e. The lowest BCUT2D eigenvalue weighted by Gasteiger charge is -2.31. The number of aliphatic hydroxyl groups is 1. The average molecular weight is 585 g/mol. The van der Waals surface area contributed by atoms with Crippen molar-refractivity contribution in [2.45, 2.75) is 57.3 Å². The summed E-state index contributed by atoms with van der Waals surface area (Å²) < 4.78 is 13.9. The number of likely N-dealkylation sites (tertiary alicyclic amines) is 1. The van der Waals surface area contributed by atoms with Gasteiger partial charge in [-0.1, -0.05) is 29.8 Å². The maximum absolute atomic E-state index is 13.5. The van der Waals surface area contributed by atoms with Crippen molar-refractivity contribution < 1.29 is 28.7 Å². The number of aliphatic hydroxyl groups excluding tert-OH is 1. The van der Waals surface area contributed by atoms with E-state index in [0.717, 1.165) is 4.47 Å². The molecule has 1 aromatic rings. The molecule has 1 fully saturated rings. The van der Waals surface area contributed by atoms with Crippen molar-refractivity contribution in [2.75, 3.05) is 19.8 Å². The molecular weight excluding hydrogens is 551 g/mol. The van der Waals surface area contributed by atoms with E-state index >= 15 is 0 Å². The summed E-state index contributed by atoms with van der Waals surface area (Å²) in [6.45, 7) is 2.34. The Morgan fingerprint density at radius 1 is 1.22 bits per heavy atom. The number of ketones is 1. The first-order valence-electron chi connectivity index (χ1n) is 12.0. The van der Waals surface area contributed by atoms with Crippen LogP contribution in [0.4, 0.5) is 4.39 Å². The lowest BCUT2D eigenvalue weighted by molar-refractivity contribution is -0.141. The van der Waals surface area contributed by atoms with Gasteiger partial charge < -0.3 is 31.7 Å². The van der Waals surface area contributed by atoms with Gasteiger partial charge in [0.05, 0.1) is 12.1 Å². The third kappa shape index (κ3) is 8.78. The highest BCUT2D eigenvalue weighted by Gasteiger charge is 2.43. The highest BCUT2D eigenvalue weighted by molar-refractivity contribution is 9.10. The molecular formula is C24H34BrFN6O5. The molecule has 3 amide bonds. The van der Waals surface area contributed by atoms with E-state index < -0.39 is 54.4 Å². The third-order valence-electron chi connectivity index (χ3n) is 6.01. The fraction of sp³-hybridized carbons (Fsp3) is 0.542. The van der Waals surface area contributed by atoms with Gasteiger partial charge >= 0.3 is 0 Å². The number of alkyl halides is 1. The first-order chi connectivity index (χ1) is 17.4. The van der Waals surface area contributed by atoms with Crippen LogP contribution >= 0.6 is 15.9 Å². The van der Waals surface area contributed by atoms with Gasteiger partial charge in [-0.25, -0.2) is 4.39 Å². The minimum absolute atomic E-state index is 0.0640. The van der Waals surface area contributed by atoms with Gasteiger partial charge in [-0.3, -0.25) is 24.6 Å². The fourth-order valence-electron chi connectivity index (χ4n) is 4.03. The van der Waals surface area contributed by atoms with Crippen LogP contribution in [0.3, 0.4) is 0 Å². The number of Topliss-reactive ketones (excluding diaryl/α,β-unsaturated/α-hetero) is 1. The highest BCUT2D eigenvalue weighted by Crippen LogP contribution is 2.22. The number of guanidine groups is 1. The van der Waals surface area contributed by atoms with Crippen LogP contribution in [0.2, 0.25) is 0 Å². The molecule has 4 atom stereocenters. The minimum atomic E-state index is -1.28. The van der Waals surface area contributed by atoms with Gasteiger partial charge in [0.15, 0.2) is 11.7 Å². The number of β-amino-alcohol motifs (C(OH)–C–C–N with tert-alkyl or cyclic N) is 1. The van der Waals surface area contributed by atoms with Gasteiger partial charge in [-0.2, -0.15) is 0 Å². The van der Waals surface area contributed by atoms with Gasteiger partial charge in [0.2, 0.25) is 11.8 Å². The Kier molecular flexibility index (Phi) is 11.4. The summed E-state index contributed by atoms with van der Waals surface area (Å²) >= 11 is 3.30. The number of nitrogens with one attached hydrogen (secondary N) is 4. The summed E-state index contributed by atoms with van der Waals surface area (Å²) in [6, 6.07) is 3.39. The van der Waals surface area contributed by atoms with E-state index in [9.17, 15) is 28.7 Å². The Morgan fingerprint density at radius 2 is 1.86 bits per heavy atom. The van der Waals surface area contributed by atoms with Crippen LogP contribution in [0.5, 0.6) is 0 Å². The van der Waals surface area contributed by atoms with Gasteiger partial charge in [0.1, 0.15) is 18.8 Å². The highest BCUT2D eigenvalue weighted by atomic mass is 79.9. The van der Waals surface area contributed by atoms with Crippen LogP contribution in [0.1, 0.15) is 43.5 Å². The Hall–Kier alpha value is -3.06. The molecule has 7 N–H and O–H groups in total. The van der Waals surface area contributed by atoms with Gasteiger partial charge in [0.25, 0.3) is 5.91 Å². The molecule has 0 spiro atoms. The quantitative estimate of drug-likeness (QED) is 0.117. The van der Waals surface area contributed by atoms with Crippen LogP contribution < -0.4 is 21.7 Å². The molecule has 1 aromatic carbocycles. The number of hydrogen-bond donors (Lipinski definition) is 6. The number of nitrogens with two attached hydrogens (primary N) is 1. The molecule has 204 valence electrons. The molecule has 0 radical (unpaired) electrons. The molecule has 1 heterocycles. The van der Waals surface area contributed by atoms with E-state index in [4.69, 9.17) is 11.1 Å². The van der Waals surface area contributed by atoms with Crippen LogP contribution in [0.25, 0.3) is 0 Å². The number of halogens is 2. The fourth-order valence-corrected chi connectivity index (χ4v) is 4.29. The molecule has 0 aromatic heterocycles. The lowest BCUT2D eigenvalue weighted by atomic mass is 10.0. The number of rotatable bonds is 12. The molecule has 1 aliphatic heterocycles. The summed E-state index contributed by atoms with van der Waals surface area (Å²) in [5, 5.41) is 25.2. The van der Waals surface area contributed by atoms with Gasteiger partial charge in [0, 0.05) is 29.5 Å². The number of benzene rings is 1. The van der Waals surface area contributed by atoms with Crippen LogP contribution in [0.15, 0.2) is 28.7 Å². The number of carbonyl (C=O) groups is 4. The predicted molar refractivity (Wildman–Crippen MR) is 138 cm³/mol. The Labute approximate surface area is 223 Å². The zero-order chi connectivity index (χ0) is 27.7. The first kappa shape index (κ1) is 30.2. The third-order valence-corrected chi connectivity index (χ3v) is 6.54. The predicted octanol–water partition coefficient (Wildman–Crippen LogP) is 0.452. The Morgan fingerprint density at radius 3 is 2.43 bits per heavy atom. The summed E-state index contributed by atoms with van der Waals surface area (Å²) in [7, 11) is 0. The molecule has 1 aliphatic rings. The topological polar surface area (TPSA) is 178 Å². The standard InChI is InChI=1S/C24H34BrFN6O5/c1-13(2)20(31-21(35)14-5-7-15(25)8-6-14)23(37)32-12-16(33)10-18(32)22(36)30-17(19(34)11-26)4-3-9-29-24(27)28/h5-8,13,16-18,20,33H,3-4,9-12H2,1-2H3,(H,30,36)(H,31,35)(H4,27,28,29)/t16-,17+,18+,20?/m1/s1.